The van der Waals surface area contributed by atoms with Crippen molar-refractivity contribution in [2.75, 3.05) is 19.7 Å². The molecule has 2 atom stereocenters. The molecule has 0 aliphatic carbocycles. The zero-order valence-electron chi connectivity index (χ0n) is 18.2. The van der Waals surface area contributed by atoms with Crippen molar-refractivity contribution in [3.8, 4) is 11.5 Å². The van der Waals surface area contributed by atoms with Crippen LogP contribution in [0.3, 0.4) is 0 Å². The molecule has 1 aromatic carbocycles. The number of amides is 1. The quantitative estimate of drug-likeness (QED) is 0.682. The van der Waals surface area contributed by atoms with Crippen molar-refractivity contribution in [3.05, 3.63) is 23.8 Å². The Balaban J connectivity index is 1.49. The molecular weight excluding hydrogens is 370 g/mol. The number of aromatic hydroxyl groups is 1. The van der Waals surface area contributed by atoms with Gasteiger partial charge in [0.1, 0.15) is 11.2 Å². The van der Waals surface area contributed by atoms with Crippen LogP contribution < -0.4 is 4.74 Å². The van der Waals surface area contributed by atoms with Gasteiger partial charge in [0.2, 0.25) is 0 Å². The van der Waals surface area contributed by atoms with Gasteiger partial charge in [0.15, 0.2) is 11.5 Å². The summed E-state index contributed by atoms with van der Waals surface area (Å²) in [5, 5.41) is 10.3. The summed E-state index contributed by atoms with van der Waals surface area (Å²) in [6.07, 6.45) is 2.49. The summed E-state index contributed by atoms with van der Waals surface area (Å²) in [5.41, 5.74) is 0.0757. The number of ether oxygens (including phenoxy) is 3. The molecule has 3 aliphatic heterocycles. The molecule has 0 bridgehead atoms. The van der Waals surface area contributed by atoms with Crippen LogP contribution in [0.2, 0.25) is 0 Å². The second-order valence-corrected chi connectivity index (χ2v) is 10.4. The highest BCUT2D eigenvalue weighted by atomic mass is 16.6. The average molecular weight is 404 g/mol. The minimum absolute atomic E-state index is 0.0502. The SMILES string of the molecule is CC(C)(C)OC(=O)N1CCC2(CC1)CO[C@@H]1c3cccc(O)c3OC(C)(C)[C@H]1C2. The highest BCUT2D eigenvalue weighted by Gasteiger charge is 2.53. The number of fused-ring (bicyclic) bond motifs is 3. The molecule has 0 saturated carbocycles. The highest BCUT2D eigenvalue weighted by Crippen LogP contribution is 2.56. The number of nitrogens with zero attached hydrogens (tertiary/aromatic N) is 1. The predicted molar refractivity (Wildman–Crippen MR) is 109 cm³/mol. The molecule has 1 aromatic rings. The molecule has 0 unspecified atom stereocenters. The Labute approximate surface area is 173 Å². The van der Waals surface area contributed by atoms with Crippen LogP contribution in [-0.2, 0) is 9.47 Å². The molecule has 3 heterocycles. The third-order valence-electron chi connectivity index (χ3n) is 6.65. The van der Waals surface area contributed by atoms with Crippen LogP contribution in [0.15, 0.2) is 18.2 Å². The van der Waals surface area contributed by atoms with Crippen LogP contribution in [0.25, 0.3) is 0 Å². The molecule has 0 aromatic heterocycles. The van der Waals surface area contributed by atoms with Crippen LogP contribution in [0.1, 0.15) is 65.5 Å². The fourth-order valence-electron chi connectivity index (χ4n) is 4.99. The average Bonchev–Trinajstić information content (AvgIpc) is 2.62. The maximum absolute atomic E-state index is 12.4. The normalized spacial score (nSPS) is 27.6. The maximum Gasteiger partial charge on any atom is 0.410 e. The van der Waals surface area contributed by atoms with Gasteiger partial charge in [0.05, 0.1) is 12.7 Å². The van der Waals surface area contributed by atoms with Crippen LogP contribution >= 0.6 is 0 Å². The zero-order chi connectivity index (χ0) is 21.0. The number of phenolic OH excluding ortho intramolecular Hbond substituents is 1. The van der Waals surface area contributed by atoms with Gasteiger partial charge in [-0.05, 0) is 65.4 Å². The zero-order valence-corrected chi connectivity index (χ0v) is 18.2. The van der Waals surface area contributed by atoms with Gasteiger partial charge in [-0.2, -0.15) is 0 Å². The van der Waals surface area contributed by atoms with E-state index in [2.05, 4.69) is 13.8 Å². The fourth-order valence-corrected chi connectivity index (χ4v) is 4.99. The lowest BCUT2D eigenvalue weighted by Gasteiger charge is -2.54. The Kier molecular flexibility index (Phi) is 4.76. The Morgan fingerprint density at radius 1 is 1.24 bits per heavy atom. The monoisotopic (exact) mass is 403 g/mol. The van der Waals surface area contributed by atoms with Crippen LogP contribution in [-0.4, -0.2) is 47.0 Å². The van der Waals surface area contributed by atoms with Crippen molar-refractivity contribution < 1.29 is 24.1 Å². The van der Waals surface area contributed by atoms with E-state index >= 15 is 0 Å². The summed E-state index contributed by atoms with van der Waals surface area (Å²) in [7, 11) is 0. The lowest BCUT2D eigenvalue weighted by atomic mass is 9.64. The van der Waals surface area contributed by atoms with E-state index in [0.717, 1.165) is 24.8 Å². The van der Waals surface area contributed by atoms with Gasteiger partial charge >= 0.3 is 6.09 Å². The Morgan fingerprint density at radius 2 is 1.93 bits per heavy atom. The number of rotatable bonds is 0. The molecule has 2 saturated heterocycles. The first-order valence-electron chi connectivity index (χ1n) is 10.6. The Bertz CT molecular complexity index is 789. The maximum atomic E-state index is 12.4. The molecule has 3 aliphatic rings. The van der Waals surface area contributed by atoms with Crippen molar-refractivity contribution >= 4 is 6.09 Å². The molecule has 2 fully saturated rings. The molecule has 29 heavy (non-hydrogen) atoms. The van der Waals surface area contributed by atoms with Crippen molar-refractivity contribution in [2.24, 2.45) is 11.3 Å². The number of para-hydroxylation sites is 1. The number of hydrogen-bond donors (Lipinski definition) is 1. The first kappa shape index (κ1) is 20.3. The molecule has 1 amide bonds. The number of carbonyl (C=O) groups is 1. The summed E-state index contributed by atoms with van der Waals surface area (Å²) >= 11 is 0. The van der Waals surface area contributed by atoms with Gasteiger partial charge < -0.3 is 24.2 Å². The molecule has 0 radical (unpaired) electrons. The van der Waals surface area contributed by atoms with Gasteiger partial charge in [-0.1, -0.05) is 12.1 Å². The number of piperidine rings is 1. The van der Waals surface area contributed by atoms with E-state index in [4.69, 9.17) is 14.2 Å². The van der Waals surface area contributed by atoms with Gasteiger partial charge in [-0.15, -0.1) is 0 Å². The van der Waals surface area contributed by atoms with E-state index in [9.17, 15) is 9.90 Å². The molecule has 1 spiro atoms. The van der Waals surface area contributed by atoms with Crippen molar-refractivity contribution in [1.29, 1.82) is 0 Å². The van der Waals surface area contributed by atoms with E-state index in [1.165, 1.54) is 0 Å². The van der Waals surface area contributed by atoms with E-state index in [-0.39, 0.29) is 29.3 Å². The third-order valence-corrected chi connectivity index (χ3v) is 6.65. The van der Waals surface area contributed by atoms with Gasteiger partial charge in [0.25, 0.3) is 0 Å². The summed E-state index contributed by atoms with van der Waals surface area (Å²) < 4.78 is 18.2. The number of likely N-dealkylation sites (tertiary alicyclic amines) is 1. The van der Waals surface area contributed by atoms with Crippen LogP contribution in [0.5, 0.6) is 11.5 Å². The standard InChI is InChI=1S/C23H33NO5/c1-21(2,3)29-20(26)24-11-9-23(10-12-24)13-16-18(27-14-23)15-7-6-8-17(25)19(15)28-22(16,4)5/h6-8,16,18,25H,9-14H2,1-5H3/t16-,18+/m0/s1. The summed E-state index contributed by atoms with van der Waals surface area (Å²) in [5.74, 6) is 0.914. The van der Waals surface area contributed by atoms with Crippen LogP contribution in [0, 0.1) is 11.3 Å². The van der Waals surface area contributed by atoms with E-state index in [1.807, 2.05) is 37.8 Å². The number of phenols is 1. The first-order valence-corrected chi connectivity index (χ1v) is 10.6. The summed E-state index contributed by atoms with van der Waals surface area (Å²) in [4.78, 5) is 14.2. The predicted octanol–water partition coefficient (Wildman–Crippen LogP) is 4.66. The Hall–Kier alpha value is -1.95. The van der Waals surface area contributed by atoms with Crippen molar-refractivity contribution in [1.82, 2.24) is 4.90 Å². The second kappa shape index (κ2) is 6.79. The number of hydrogen-bond acceptors (Lipinski definition) is 5. The number of benzene rings is 1. The minimum atomic E-state index is -0.476. The summed E-state index contributed by atoms with van der Waals surface area (Å²) in [6.45, 7) is 11.9. The molecule has 6 heteroatoms. The molecule has 160 valence electrons. The second-order valence-electron chi connectivity index (χ2n) is 10.4. The minimum Gasteiger partial charge on any atom is -0.504 e. The van der Waals surface area contributed by atoms with E-state index in [0.29, 0.717) is 25.4 Å². The Morgan fingerprint density at radius 3 is 2.59 bits per heavy atom. The fraction of sp³-hybridized carbons (Fsp3) is 0.696. The smallest absolute Gasteiger partial charge is 0.410 e. The topological polar surface area (TPSA) is 68.2 Å². The van der Waals surface area contributed by atoms with Crippen LogP contribution in [0.4, 0.5) is 4.79 Å². The van der Waals surface area contributed by atoms with Gasteiger partial charge in [-0.25, -0.2) is 4.79 Å². The summed E-state index contributed by atoms with van der Waals surface area (Å²) in [6, 6.07) is 5.50. The highest BCUT2D eigenvalue weighted by molar-refractivity contribution is 5.68. The molecule has 6 nitrogen and oxygen atoms in total. The largest absolute Gasteiger partial charge is 0.504 e. The molecular formula is C23H33NO5. The van der Waals surface area contributed by atoms with Gasteiger partial charge in [-0.3, -0.25) is 0 Å². The third kappa shape index (κ3) is 3.79. The van der Waals surface area contributed by atoms with E-state index in [1.54, 1.807) is 6.07 Å². The van der Waals surface area contributed by atoms with Gasteiger partial charge in [0, 0.05) is 24.6 Å². The molecule has 1 N–H and O–H groups in total. The first-order chi connectivity index (χ1) is 13.5. The number of carbonyl (C=O) groups excluding carboxylic acids is 1. The molecule has 4 rings (SSSR count). The lowest BCUT2D eigenvalue weighted by molar-refractivity contribution is -0.174. The lowest BCUT2D eigenvalue weighted by Crippen LogP contribution is -2.55. The van der Waals surface area contributed by atoms with E-state index < -0.39 is 11.2 Å². The van der Waals surface area contributed by atoms with Crippen molar-refractivity contribution in [2.45, 2.75) is 71.2 Å². The van der Waals surface area contributed by atoms with Crippen molar-refractivity contribution in [3.63, 3.8) is 0 Å².